The number of hydrogen-bond donors (Lipinski definition) is 4. The molecule has 0 amide bonds. The van der Waals surface area contributed by atoms with Crippen molar-refractivity contribution in [2.24, 2.45) is 0 Å². The number of alkyl halides is 1. The molecule has 1 fully saturated rings. The molecule has 4 rings (SSSR count). The van der Waals surface area contributed by atoms with Gasteiger partial charge in [-0.25, -0.2) is 9.37 Å². The summed E-state index contributed by atoms with van der Waals surface area (Å²) in [6.07, 6.45) is 1.19. The standard InChI is InChI=1S/C28H31FN4O3S/c29-11-12-30-18-24(25-26(34)27(35)32-19-31-25)17-22-5-3-20(4-6-22)1-2-21-7-9-23(10-8-21)28(36)33-13-15-37-16-14-33/h3-10,19,24,28,30,34,36H,11-18H2,(H,31,32,35). The maximum absolute atomic E-state index is 12.6. The number of benzene rings is 2. The van der Waals surface area contributed by atoms with Crippen LogP contribution in [0, 0.1) is 11.8 Å². The molecule has 0 spiro atoms. The maximum Gasteiger partial charge on any atom is 0.293 e. The predicted octanol–water partition coefficient (Wildman–Crippen LogP) is 2.80. The highest BCUT2D eigenvalue weighted by molar-refractivity contribution is 7.99. The molecule has 7 nitrogen and oxygen atoms in total. The molecule has 0 bridgehead atoms. The van der Waals surface area contributed by atoms with Crippen LogP contribution in [-0.4, -0.2) is 69.4 Å². The third-order valence-electron chi connectivity index (χ3n) is 6.29. The van der Waals surface area contributed by atoms with E-state index < -0.39 is 24.2 Å². The highest BCUT2D eigenvalue weighted by atomic mass is 32.2. The van der Waals surface area contributed by atoms with Crippen molar-refractivity contribution in [1.82, 2.24) is 20.2 Å². The zero-order valence-electron chi connectivity index (χ0n) is 20.5. The van der Waals surface area contributed by atoms with Gasteiger partial charge in [-0.3, -0.25) is 9.69 Å². The average Bonchev–Trinajstić information content (AvgIpc) is 2.94. The zero-order chi connectivity index (χ0) is 26.0. The summed E-state index contributed by atoms with van der Waals surface area (Å²) in [7, 11) is 0. The predicted molar refractivity (Wildman–Crippen MR) is 145 cm³/mol. The molecule has 4 N–H and O–H groups in total. The molecule has 37 heavy (non-hydrogen) atoms. The fourth-order valence-electron chi connectivity index (χ4n) is 4.24. The van der Waals surface area contributed by atoms with Crippen LogP contribution in [0.3, 0.4) is 0 Å². The Hall–Kier alpha value is -3.16. The summed E-state index contributed by atoms with van der Waals surface area (Å²) in [5, 5.41) is 23.8. The van der Waals surface area contributed by atoms with Crippen LogP contribution < -0.4 is 10.9 Å². The summed E-state index contributed by atoms with van der Waals surface area (Å²) in [6, 6.07) is 15.4. The van der Waals surface area contributed by atoms with E-state index in [1.54, 1.807) is 0 Å². The number of aromatic hydroxyl groups is 1. The van der Waals surface area contributed by atoms with E-state index in [1.165, 1.54) is 6.33 Å². The van der Waals surface area contributed by atoms with Gasteiger partial charge in [0.05, 0.1) is 12.0 Å². The lowest BCUT2D eigenvalue weighted by Crippen LogP contribution is -2.35. The van der Waals surface area contributed by atoms with Gasteiger partial charge in [-0.1, -0.05) is 36.1 Å². The van der Waals surface area contributed by atoms with E-state index >= 15 is 0 Å². The van der Waals surface area contributed by atoms with Crippen molar-refractivity contribution in [3.05, 3.63) is 93.2 Å². The number of thioether (sulfide) groups is 1. The highest BCUT2D eigenvalue weighted by Gasteiger charge is 2.20. The number of nitrogens with one attached hydrogen (secondary N) is 2. The van der Waals surface area contributed by atoms with E-state index in [1.807, 2.05) is 60.3 Å². The normalized spacial score (nSPS) is 15.5. The molecule has 2 atom stereocenters. The number of aliphatic hydroxyl groups is 1. The Kier molecular flexibility index (Phi) is 9.74. The van der Waals surface area contributed by atoms with Gasteiger partial charge in [0.25, 0.3) is 5.56 Å². The molecule has 2 unspecified atom stereocenters. The van der Waals surface area contributed by atoms with Crippen molar-refractivity contribution in [1.29, 1.82) is 0 Å². The van der Waals surface area contributed by atoms with Crippen LogP contribution in [0.4, 0.5) is 4.39 Å². The second-order valence-corrected chi connectivity index (χ2v) is 10.1. The van der Waals surface area contributed by atoms with Gasteiger partial charge in [0, 0.05) is 54.7 Å². The van der Waals surface area contributed by atoms with Crippen molar-refractivity contribution < 1.29 is 14.6 Å². The lowest BCUT2D eigenvalue weighted by Gasteiger charge is -2.31. The van der Waals surface area contributed by atoms with Gasteiger partial charge in [-0.05, 0) is 41.8 Å². The van der Waals surface area contributed by atoms with Crippen LogP contribution in [0.1, 0.15) is 40.1 Å². The fourth-order valence-corrected chi connectivity index (χ4v) is 5.17. The van der Waals surface area contributed by atoms with Crippen LogP contribution in [0.2, 0.25) is 0 Å². The van der Waals surface area contributed by atoms with Crippen molar-refractivity contribution in [3.63, 3.8) is 0 Å². The van der Waals surface area contributed by atoms with Crippen molar-refractivity contribution in [2.45, 2.75) is 18.6 Å². The van der Waals surface area contributed by atoms with E-state index in [9.17, 15) is 19.4 Å². The lowest BCUT2D eigenvalue weighted by atomic mass is 9.94. The molecule has 1 aliphatic rings. The number of aromatic amines is 1. The molecule has 0 saturated carbocycles. The second-order valence-electron chi connectivity index (χ2n) is 8.85. The molecular weight excluding hydrogens is 491 g/mol. The lowest BCUT2D eigenvalue weighted by molar-refractivity contribution is 0.00880. The average molecular weight is 523 g/mol. The van der Waals surface area contributed by atoms with Crippen molar-refractivity contribution in [3.8, 4) is 17.6 Å². The first-order chi connectivity index (χ1) is 18.0. The number of rotatable bonds is 9. The Balaban J connectivity index is 1.41. The fraction of sp³-hybridized carbons (Fsp3) is 0.357. The molecule has 0 radical (unpaired) electrons. The van der Waals surface area contributed by atoms with Gasteiger partial charge in [-0.2, -0.15) is 11.8 Å². The number of hydrogen-bond acceptors (Lipinski definition) is 7. The molecule has 1 aromatic heterocycles. The second kappa shape index (κ2) is 13.4. The van der Waals surface area contributed by atoms with Gasteiger partial charge >= 0.3 is 0 Å². The first-order valence-electron chi connectivity index (χ1n) is 12.3. The smallest absolute Gasteiger partial charge is 0.293 e. The van der Waals surface area contributed by atoms with Crippen LogP contribution in [0.15, 0.2) is 59.7 Å². The Bertz CT molecular complexity index is 1270. The number of nitrogens with zero attached hydrogens (tertiary/aromatic N) is 2. The summed E-state index contributed by atoms with van der Waals surface area (Å²) in [6.45, 7) is 1.83. The monoisotopic (exact) mass is 522 g/mol. The van der Waals surface area contributed by atoms with Gasteiger partial charge in [0.1, 0.15) is 12.9 Å². The summed E-state index contributed by atoms with van der Waals surface area (Å²) in [5.41, 5.74) is 3.25. The number of halogens is 1. The van der Waals surface area contributed by atoms with Crippen LogP contribution in [0.5, 0.6) is 5.75 Å². The molecule has 194 valence electrons. The largest absolute Gasteiger partial charge is 0.502 e. The van der Waals surface area contributed by atoms with Crippen LogP contribution in [-0.2, 0) is 6.42 Å². The van der Waals surface area contributed by atoms with E-state index in [2.05, 4.69) is 32.0 Å². The molecule has 1 saturated heterocycles. The quantitative estimate of drug-likeness (QED) is 0.253. The van der Waals surface area contributed by atoms with Gasteiger partial charge in [-0.15, -0.1) is 0 Å². The topological polar surface area (TPSA) is 101 Å². The maximum atomic E-state index is 12.6. The first-order valence-corrected chi connectivity index (χ1v) is 13.4. The van der Waals surface area contributed by atoms with Crippen molar-refractivity contribution >= 4 is 11.8 Å². The highest BCUT2D eigenvalue weighted by Crippen LogP contribution is 2.24. The molecule has 3 aromatic rings. The van der Waals surface area contributed by atoms with Gasteiger partial charge < -0.3 is 20.5 Å². The third kappa shape index (κ3) is 7.43. The summed E-state index contributed by atoms with van der Waals surface area (Å²) < 4.78 is 12.6. The molecule has 2 heterocycles. The molecule has 2 aromatic carbocycles. The summed E-state index contributed by atoms with van der Waals surface area (Å²) >= 11 is 1.91. The minimum atomic E-state index is -0.598. The van der Waals surface area contributed by atoms with Crippen LogP contribution >= 0.6 is 11.8 Å². The zero-order valence-corrected chi connectivity index (χ0v) is 21.3. The first kappa shape index (κ1) is 26.9. The molecular formula is C28H31FN4O3S. The van der Waals surface area contributed by atoms with E-state index in [0.717, 1.165) is 46.8 Å². The Labute approximate surface area is 220 Å². The van der Waals surface area contributed by atoms with Crippen molar-refractivity contribution in [2.75, 3.05) is 44.4 Å². The van der Waals surface area contributed by atoms with E-state index in [4.69, 9.17) is 0 Å². The van der Waals surface area contributed by atoms with Crippen LogP contribution in [0.25, 0.3) is 0 Å². The minimum Gasteiger partial charge on any atom is -0.502 e. The Morgan fingerprint density at radius 2 is 1.73 bits per heavy atom. The third-order valence-corrected chi connectivity index (χ3v) is 7.24. The summed E-state index contributed by atoms with van der Waals surface area (Å²) in [5.74, 6) is 7.70. The number of aromatic nitrogens is 2. The Morgan fingerprint density at radius 1 is 1.08 bits per heavy atom. The number of H-pyrrole nitrogens is 1. The molecule has 0 aliphatic carbocycles. The SMILES string of the molecule is O=c1[nH]cnc(C(CNCCF)Cc2ccc(C#Cc3ccc(C(O)N4CCSCC4)cc3)cc2)c1O. The molecule has 9 heteroatoms. The van der Waals surface area contributed by atoms with E-state index in [0.29, 0.717) is 13.0 Å². The van der Waals surface area contributed by atoms with Gasteiger partial charge in [0.15, 0.2) is 0 Å². The molecule has 1 aliphatic heterocycles. The summed E-state index contributed by atoms with van der Waals surface area (Å²) in [4.78, 5) is 20.4. The minimum absolute atomic E-state index is 0.187. The van der Waals surface area contributed by atoms with Gasteiger partial charge in [0.2, 0.25) is 5.75 Å². The number of aliphatic hydroxyl groups excluding tert-OH is 1. The Morgan fingerprint density at radius 3 is 2.38 bits per heavy atom. The van der Waals surface area contributed by atoms with E-state index in [-0.39, 0.29) is 18.2 Å².